The van der Waals surface area contributed by atoms with Gasteiger partial charge in [-0.3, -0.25) is 9.78 Å². The first kappa shape index (κ1) is 21.0. The Morgan fingerprint density at radius 3 is 2.50 bits per heavy atom. The zero-order valence-corrected chi connectivity index (χ0v) is 18.2. The Morgan fingerprint density at radius 2 is 1.71 bits per heavy atom. The highest BCUT2D eigenvalue weighted by atomic mass is 16.1. The van der Waals surface area contributed by atoms with E-state index in [1.165, 1.54) is 0 Å². The van der Waals surface area contributed by atoms with E-state index in [0.29, 0.717) is 35.7 Å². The highest BCUT2D eigenvalue weighted by Crippen LogP contribution is 2.23. The molecule has 5 aromatic rings. The Kier molecular flexibility index (Phi) is 5.78. The fraction of sp³-hybridized carbons (Fsp3) is 0.0741. The molecule has 5 rings (SSSR count). The van der Waals surface area contributed by atoms with E-state index in [-0.39, 0.29) is 5.78 Å². The minimum Gasteiger partial charge on any atom is -0.322 e. The van der Waals surface area contributed by atoms with Crippen LogP contribution in [0.1, 0.15) is 16.7 Å². The van der Waals surface area contributed by atoms with E-state index >= 15 is 0 Å². The number of anilines is 2. The number of fused-ring (bicyclic) bond motifs is 1. The molecule has 0 radical (unpaired) electrons. The van der Waals surface area contributed by atoms with Crippen LogP contribution in [-0.2, 0) is 17.6 Å². The molecule has 7 nitrogen and oxygen atoms in total. The Balaban J connectivity index is 1.30. The third-order valence-corrected chi connectivity index (χ3v) is 5.44. The van der Waals surface area contributed by atoms with Crippen molar-refractivity contribution in [3.8, 4) is 17.2 Å². The van der Waals surface area contributed by atoms with Gasteiger partial charge in [-0.1, -0.05) is 42.5 Å². The standard InChI is InChI=1S/C27H20N6O/c28-16-22-5-1-2-6-25(22)30-27-31-26-12-11-23(18-33(26)32-27)21-9-7-19(8-10-21)14-24(34)15-20-4-3-13-29-17-20/h1-13,17-18H,14-15H2,(H,30,32). The van der Waals surface area contributed by atoms with Crippen molar-refractivity contribution in [1.29, 1.82) is 5.26 Å². The van der Waals surface area contributed by atoms with E-state index in [1.807, 2.05) is 72.9 Å². The van der Waals surface area contributed by atoms with Crippen LogP contribution in [0.25, 0.3) is 16.8 Å². The van der Waals surface area contributed by atoms with Crippen molar-refractivity contribution in [3.05, 3.63) is 108 Å². The van der Waals surface area contributed by atoms with Gasteiger partial charge >= 0.3 is 0 Å². The molecule has 3 aromatic heterocycles. The molecular formula is C27H20N6O. The van der Waals surface area contributed by atoms with Crippen LogP contribution in [-0.4, -0.2) is 25.4 Å². The number of Topliss-reactive ketones (excluding diaryl/α,β-unsaturated/α-hetero) is 1. The second-order valence-corrected chi connectivity index (χ2v) is 7.89. The van der Waals surface area contributed by atoms with E-state index in [2.05, 4.69) is 26.5 Å². The molecule has 0 saturated heterocycles. The maximum Gasteiger partial charge on any atom is 0.247 e. The second-order valence-electron chi connectivity index (χ2n) is 7.89. The smallest absolute Gasteiger partial charge is 0.247 e. The lowest BCUT2D eigenvalue weighted by molar-refractivity contribution is -0.117. The summed E-state index contributed by atoms with van der Waals surface area (Å²) in [6, 6.07) is 25.0. The van der Waals surface area contributed by atoms with Gasteiger partial charge in [-0.25, -0.2) is 4.52 Å². The van der Waals surface area contributed by atoms with Crippen LogP contribution in [0.3, 0.4) is 0 Å². The van der Waals surface area contributed by atoms with E-state index < -0.39 is 0 Å². The number of aromatic nitrogens is 4. The van der Waals surface area contributed by atoms with Crippen LogP contribution in [0, 0.1) is 11.3 Å². The fourth-order valence-electron chi connectivity index (χ4n) is 3.75. The van der Waals surface area contributed by atoms with Gasteiger partial charge in [0, 0.05) is 37.0 Å². The van der Waals surface area contributed by atoms with Gasteiger partial charge in [-0.15, -0.1) is 5.10 Å². The topological polar surface area (TPSA) is 96.0 Å². The van der Waals surface area contributed by atoms with Crippen molar-refractivity contribution >= 4 is 23.1 Å². The van der Waals surface area contributed by atoms with E-state index in [1.54, 1.807) is 23.0 Å². The summed E-state index contributed by atoms with van der Waals surface area (Å²) in [5, 5.41) is 16.9. The van der Waals surface area contributed by atoms with Crippen molar-refractivity contribution in [2.45, 2.75) is 12.8 Å². The molecule has 0 atom stereocenters. The molecule has 0 aliphatic rings. The molecule has 0 saturated carbocycles. The molecule has 3 heterocycles. The number of benzene rings is 2. The summed E-state index contributed by atoms with van der Waals surface area (Å²) >= 11 is 0. The van der Waals surface area contributed by atoms with Crippen molar-refractivity contribution in [2.75, 3.05) is 5.32 Å². The number of hydrogen-bond acceptors (Lipinski definition) is 6. The predicted molar refractivity (Wildman–Crippen MR) is 130 cm³/mol. The minimum absolute atomic E-state index is 0.155. The first-order valence-electron chi connectivity index (χ1n) is 10.8. The average molecular weight is 444 g/mol. The lowest BCUT2D eigenvalue weighted by Crippen LogP contribution is -2.06. The molecule has 0 bridgehead atoms. The third-order valence-electron chi connectivity index (χ3n) is 5.44. The molecule has 164 valence electrons. The predicted octanol–water partition coefficient (Wildman–Crippen LogP) is 4.76. The average Bonchev–Trinajstić information content (AvgIpc) is 3.27. The van der Waals surface area contributed by atoms with Crippen LogP contribution in [0.2, 0.25) is 0 Å². The minimum atomic E-state index is 0.155. The molecule has 0 spiro atoms. The summed E-state index contributed by atoms with van der Waals surface area (Å²) in [7, 11) is 0. The Morgan fingerprint density at radius 1 is 0.912 bits per heavy atom. The SMILES string of the molecule is N#Cc1ccccc1Nc1nc2ccc(-c3ccc(CC(=O)Cc4cccnc4)cc3)cn2n1. The lowest BCUT2D eigenvalue weighted by Gasteiger charge is -2.05. The number of rotatable bonds is 7. The number of hydrogen-bond donors (Lipinski definition) is 1. The molecule has 2 aromatic carbocycles. The number of para-hydroxylation sites is 1. The Labute approximate surface area is 196 Å². The van der Waals surface area contributed by atoms with Gasteiger partial charge in [0.1, 0.15) is 11.9 Å². The first-order chi connectivity index (χ1) is 16.7. The number of carbonyl (C=O) groups is 1. The van der Waals surface area contributed by atoms with Gasteiger partial charge in [0.25, 0.3) is 0 Å². The van der Waals surface area contributed by atoms with Crippen molar-refractivity contribution in [1.82, 2.24) is 19.6 Å². The monoisotopic (exact) mass is 444 g/mol. The van der Waals surface area contributed by atoms with E-state index in [0.717, 1.165) is 22.3 Å². The maximum atomic E-state index is 12.4. The van der Waals surface area contributed by atoms with Gasteiger partial charge in [-0.05, 0) is 47.0 Å². The summed E-state index contributed by atoms with van der Waals surface area (Å²) in [6.45, 7) is 0. The van der Waals surface area contributed by atoms with Crippen LogP contribution in [0.5, 0.6) is 0 Å². The quantitative estimate of drug-likeness (QED) is 0.389. The van der Waals surface area contributed by atoms with Crippen molar-refractivity contribution in [2.24, 2.45) is 0 Å². The van der Waals surface area contributed by atoms with Crippen LogP contribution in [0.4, 0.5) is 11.6 Å². The highest BCUT2D eigenvalue weighted by Gasteiger charge is 2.09. The molecule has 7 heteroatoms. The van der Waals surface area contributed by atoms with Gasteiger partial charge in [0.2, 0.25) is 5.95 Å². The zero-order chi connectivity index (χ0) is 23.3. The third kappa shape index (κ3) is 4.66. The second kappa shape index (κ2) is 9.35. The van der Waals surface area contributed by atoms with Gasteiger partial charge in [0.15, 0.2) is 5.65 Å². The van der Waals surface area contributed by atoms with Crippen LogP contribution < -0.4 is 5.32 Å². The van der Waals surface area contributed by atoms with Crippen molar-refractivity contribution in [3.63, 3.8) is 0 Å². The van der Waals surface area contributed by atoms with E-state index in [4.69, 9.17) is 0 Å². The van der Waals surface area contributed by atoms with E-state index in [9.17, 15) is 10.1 Å². The van der Waals surface area contributed by atoms with Gasteiger partial charge in [-0.2, -0.15) is 10.2 Å². The molecule has 0 aliphatic carbocycles. The molecule has 0 fully saturated rings. The summed E-state index contributed by atoms with van der Waals surface area (Å²) in [6.07, 6.45) is 6.11. The first-order valence-corrected chi connectivity index (χ1v) is 10.8. The summed E-state index contributed by atoms with van der Waals surface area (Å²) in [4.78, 5) is 20.9. The maximum absolute atomic E-state index is 12.4. The molecule has 0 unspecified atom stereocenters. The van der Waals surface area contributed by atoms with Crippen LogP contribution in [0.15, 0.2) is 91.4 Å². The van der Waals surface area contributed by atoms with Crippen molar-refractivity contribution < 1.29 is 4.79 Å². The molecule has 0 amide bonds. The van der Waals surface area contributed by atoms with Gasteiger partial charge in [0.05, 0.1) is 11.3 Å². The zero-order valence-electron chi connectivity index (χ0n) is 18.2. The Bertz CT molecular complexity index is 1500. The van der Waals surface area contributed by atoms with Crippen LogP contribution >= 0.6 is 0 Å². The fourth-order valence-corrected chi connectivity index (χ4v) is 3.75. The summed E-state index contributed by atoms with van der Waals surface area (Å²) in [5.74, 6) is 0.574. The number of carbonyl (C=O) groups excluding carboxylic acids is 1. The normalized spacial score (nSPS) is 10.7. The highest BCUT2D eigenvalue weighted by molar-refractivity contribution is 5.83. The largest absolute Gasteiger partial charge is 0.322 e. The number of nitrogens with zero attached hydrogens (tertiary/aromatic N) is 5. The lowest BCUT2D eigenvalue weighted by atomic mass is 10.0. The Hall–Kier alpha value is -4.83. The van der Waals surface area contributed by atoms with Gasteiger partial charge < -0.3 is 5.32 Å². The molecule has 1 N–H and O–H groups in total. The number of ketones is 1. The summed E-state index contributed by atoms with van der Waals surface area (Å²) in [5.41, 5.74) is 5.78. The molecular weight excluding hydrogens is 424 g/mol. The number of pyridine rings is 2. The number of nitriles is 1. The summed E-state index contributed by atoms with van der Waals surface area (Å²) < 4.78 is 1.71. The molecule has 34 heavy (non-hydrogen) atoms. The molecule has 0 aliphatic heterocycles. The number of nitrogens with one attached hydrogen (secondary N) is 1.